The van der Waals surface area contributed by atoms with E-state index in [1.165, 1.54) is 11.1 Å². The first-order valence-electron chi connectivity index (χ1n) is 5.79. The molecule has 0 heterocycles. The van der Waals surface area contributed by atoms with Crippen molar-refractivity contribution in [3.05, 3.63) is 35.4 Å². The van der Waals surface area contributed by atoms with Gasteiger partial charge in [-0.25, -0.2) is 0 Å². The molecule has 0 aromatic heterocycles. The second kappa shape index (κ2) is 6.02. The summed E-state index contributed by atoms with van der Waals surface area (Å²) in [5.41, 5.74) is 2.63. The maximum absolute atomic E-state index is 8.82. The fraction of sp³-hybridized carbons (Fsp3) is 0.571. The summed E-state index contributed by atoms with van der Waals surface area (Å²) in [6.45, 7) is 5.34. The molecule has 0 aliphatic carbocycles. The molecule has 2 heteroatoms. The summed E-state index contributed by atoms with van der Waals surface area (Å²) >= 11 is 0. The highest BCUT2D eigenvalue weighted by Crippen LogP contribution is 2.24. The van der Waals surface area contributed by atoms with E-state index in [2.05, 4.69) is 38.1 Å². The van der Waals surface area contributed by atoms with Crippen LogP contribution in [-0.4, -0.2) is 25.4 Å². The van der Waals surface area contributed by atoms with Crippen LogP contribution in [0, 0.1) is 0 Å². The highest BCUT2D eigenvalue weighted by molar-refractivity contribution is 5.29. The maximum Gasteiger partial charge on any atom is 0.0553 e. The number of hydrogen-bond acceptors (Lipinski definition) is 2. The van der Waals surface area contributed by atoms with E-state index in [0.29, 0.717) is 0 Å². The highest BCUT2D eigenvalue weighted by atomic mass is 16.5. The first kappa shape index (κ1) is 13.2. The lowest BCUT2D eigenvalue weighted by Gasteiger charge is -2.24. The molecule has 0 amide bonds. The third kappa shape index (κ3) is 3.62. The third-order valence-electron chi connectivity index (χ3n) is 2.84. The van der Waals surface area contributed by atoms with Crippen LogP contribution < -0.4 is 0 Å². The van der Waals surface area contributed by atoms with Gasteiger partial charge in [0, 0.05) is 19.1 Å². The zero-order valence-corrected chi connectivity index (χ0v) is 10.5. The fourth-order valence-corrected chi connectivity index (χ4v) is 1.88. The molecule has 1 rings (SSSR count). The lowest BCUT2D eigenvalue weighted by Crippen LogP contribution is -2.23. The Kier molecular flexibility index (Phi) is 4.97. The Morgan fingerprint density at radius 3 is 2.69 bits per heavy atom. The largest absolute Gasteiger partial charge is 0.396 e. The fourth-order valence-electron chi connectivity index (χ4n) is 1.88. The molecule has 0 fully saturated rings. The quantitative estimate of drug-likeness (QED) is 0.801. The van der Waals surface area contributed by atoms with Crippen molar-refractivity contribution in [1.29, 1.82) is 0 Å². The molecule has 1 N–H and O–H groups in total. The van der Waals surface area contributed by atoms with Gasteiger partial charge in [-0.1, -0.05) is 38.1 Å². The van der Waals surface area contributed by atoms with Crippen LogP contribution in [0.4, 0.5) is 0 Å². The summed E-state index contributed by atoms with van der Waals surface area (Å²) in [4.78, 5) is 0. The van der Waals surface area contributed by atoms with Gasteiger partial charge in [0.05, 0.1) is 6.61 Å². The van der Waals surface area contributed by atoms with Crippen LogP contribution in [-0.2, 0) is 16.6 Å². The van der Waals surface area contributed by atoms with E-state index in [4.69, 9.17) is 9.84 Å². The molecular formula is C14H22O2. The van der Waals surface area contributed by atoms with Crippen molar-refractivity contribution in [2.24, 2.45) is 0 Å². The molecule has 0 saturated heterocycles. The molecule has 0 radical (unpaired) electrons. The Balaban J connectivity index is 2.80. The maximum atomic E-state index is 8.82. The summed E-state index contributed by atoms with van der Waals surface area (Å²) in [6.07, 6.45) is 1.77. The summed E-state index contributed by atoms with van der Waals surface area (Å²) in [5, 5.41) is 8.82. The van der Waals surface area contributed by atoms with Crippen molar-refractivity contribution in [2.45, 2.75) is 32.1 Å². The molecule has 0 atom stereocenters. The van der Waals surface area contributed by atoms with Gasteiger partial charge in [-0.15, -0.1) is 0 Å². The Hall–Kier alpha value is -0.860. The molecule has 1 aromatic rings. The second-order valence-corrected chi connectivity index (χ2v) is 4.84. The molecule has 2 nitrogen and oxygen atoms in total. The third-order valence-corrected chi connectivity index (χ3v) is 2.84. The first-order chi connectivity index (χ1) is 7.60. The van der Waals surface area contributed by atoms with Crippen molar-refractivity contribution in [2.75, 3.05) is 20.3 Å². The van der Waals surface area contributed by atoms with E-state index in [9.17, 15) is 0 Å². The minimum Gasteiger partial charge on any atom is -0.396 e. The number of hydrogen-bond donors (Lipinski definition) is 1. The minimum atomic E-state index is 0.0456. The number of ether oxygens (including phenoxy) is 1. The standard InChI is InChI=1S/C14H22O2/c1-14(2,11-16-3)13-8-4-6-12(10-13)7-5-9-15/h4,6,8,10,15H,5,7,9,11H2,1-3H3. The van der Waals surface area contributed by atoms with Crippen LogP contribution in [0.3, 0.4) is 0 Å². The van der Waals surface area contributed by atoms with Crippen molar-refractivity contribution in [3.63, 3.8) is 0 Å². The molecule has 0 unspecified atom stereocenters. The molecular weight excluding hydrogens is 200 g/mol. The van der Waals surface area contributed by atoms with Crippen LogP contribution in [0.2, 0.25) is 0 Å². The van der Waals surface area contributed by atoms with Gasteiger partial charge in [-0.3, -0.25) is 0 Å². The molecule has 16 heavy (non-hydrogen) atoms. The molecule has 0 aliphatic rings. The van der Waals surface area contributed by atoms with Crippen molar-refractivity contribution < 1.29 is 9.84 Å². The Morgan fingerprint density at radius 2 is 2.06 bits per heavy atom. The number of aliphatic hydroxyl groups excluding tert-OH is 1. The van der Waals surface area contributed by atoms with E-state index < -0.39 is 0 Å². The Morgan fingerprint density at radius 1 is 1.31 bits per heavy atom. The molecule has 0 bridgehead atoms. The lowest BCUT2D eigenvalue weighted by atomic mass is 9.84. The lowest BCUT2D eigenvalue weighted by molar-refractivity contribution is 0.146. The number of rotatable bonds is 6. The minimum absolute atomic E-state index is 0.0456. The van der Waals surface area contributed by atoms with Gasteiger partial charge in [0.1, 0.15) is 0 Å². The normalized spacial score (nSPS) is 11.8. The van der Waals surface area contributed by atoms with Crippen LogP contribution >= 0.6 is 0 Å². The molecule has 0 saturated carbocycles. The average Bonchev–Trinajstić information content (AvgIpc) is 2.27. The van der Waals surface area contributed by atoms with Crippen LogP contribution in [0.1, 0.15) is 31.4 Å². The molecule has 90 valence electrons. The van der Waals surface area contributed by atoms with E-state index in [0.717, 1.165) is 19.4 Å². The van der Waals surface area contributed by atoms with Gasteiger partial charge < -0.3 is 9.84 Å². The summed E-state index contributed by atoms with van der Waals surface area (Å²) < 4.78 is 5.24. The predicted molar refractivity (Wildman–Crippen MR) is 66.8 cm³/mol. The van der Waals surface area contributed by atoms with Crippen molar-refractivity contribution in [3.8, 4) is 0 Å². The second-order valence-electron chi connectivity index (χ2n) is 4.84. The molecule has 0 spiro atoms. The van der Waals surface area contributed by atoms with Crippen molar-refractivity contribution >= 4 is 0 Å². The number of benzene rings is 1. The van der Waals surface area contributed by atoms with Crippen LogP contribution in [0.5, 0.6) is 0 Å². The summed E-state index contributed by atoms with van der Waals surface area (Å²) in [5.74, 6) is 0. The zero-order valence-electron chi connectivity index (χ0n) is 10.5. The SMILES string of the molecule is COCC(C)(C)c1cccc(CCCO)c1. The van der Waals surface area contributed by atoms with E-state index in [1.54, 1.807) is 7.11 Å². The first-order valence-corrected chi connectivity index (χ1v) is 5.79. The van der Waals surface area contributed by atoms with Crippen LogP contribution in [0.25, 0.3) is 0 Å². The summed E-state index contributed by atoms with van der Waals surface area (Å²) in [6, 6.07) is 8.55. The van der Waals surface area contributed by atoms with Gasteiger partial charge in [0.15, 0.2) is 0 Å². The van der Waals surface area contributed by atoms with Gasteiger partial charge in [0.25, 0.3) is 0 Å². The van der Waals surface area contributed by atoms with Gasteiger partial charge in [-0.2, -0.15) is 0 Å². The number of aliphatic hydroxyl groups is 1. The molecule has 0 aliphatic heterocycles. The van der Waals surface area contributed by atoms with Gasteiger partial charge >= 0.3 is 0 Å². The van der Waals surface area contributed by atoms with E-state index >= 15 is 0 Å². The number of aryl methyl sites for hydroxylation is 1. The average molecular weight is 222 g/mol. The smallest absolute Gasteiger partial charge is 0.0553 e. The van der Waals surface area contributed by atoms with E-state index in [1.807, 2.05) is 0 Å². The van der Waals surface area contributed by atoms with Gasteiger partial charge in [0.2, 0.25) is 0 Å². The predicted octanol–water partition coefficient (Wildman–Crippen LogP) is 2.54. The Bertz CT molecular complexity index is 318. The molecule has 1 aromatic carbocycles. The zero-order chi connectivity index (χ0) is 12.0. The van der Waals surface area contributed by atoms with Crippen LogP contribution in [0.15, 0.2) is 24.3 Å². The summed E-state index contributed by atoms with van der Waals surface area (Å²) in [7, 11) is 1.73. The monoisotopic (exact) mass is 222 g/mol. The number of methoxy groups -OCH3 is 1. The Labute approximate surface area is 98.3 Å². The van der Waals surface area contributed by atoms with Gasteiger partial charge in [-0.05, 0) is 24.0 Å². The van der Waals surface area contributed by atoms with E-state index in [-0.39, 0.29) is 12.0 Å². The van der Waals surface area contributed by atoms with Crippen molar-refractivity contribution in [1.82, 2.24) is 0 Å². The topological polar surface area (TPSA) is 29.5 Å². The highest BCUT2D eigenvalue weighted by Gasteiger charge is 2.20.